The number of nitrogens with zero attached hydrogens (tertiary/aromatic N) is 1. The lowest BCUT2D eigenvalue weighted by molar-refractivity contribution is 0.621. The zero-order chi connectivity index (χ0) is 12.1. The molecule has 1 aromatic heterocycles. The maximum absolute atomic E-state index is 13.6. The Bertz CT molecular complexity index is 483. The van der Waals surface area contributed by atoms with Gasteiger partial charge in [-0.05, 0) is 30.7 Å². The van der Waals surface area contributed by atoms with Crippen molar-refractivity contribution in [2.75, 3.05) is 11.9 Å². The molecular weight excluding hydrogens is 215 g/mol. The van der Waals surface area contributed by atoms with Crippen LogP contribution in [0.5, 0.6) is 0 Å². The van der Waals surface area contributed by atoms with Gasteiger partial charge in [0, 0.05) is 24.9 Å². The Labute approximate surface area is 101 Å². The number of aromatic nitrogens is 1. The molecule has 1 N–H and O–H groups in total. The second-order valence-corrected chi connectivity index (χ2v) is 3.93. The minimum atomic E-state index is -0.173. The first-order valence-electron chi connectivity index (χ1n) is 5.66. The van der Waals surface area contributed by atoms with Crippen LogP contribution >= 0.6 is 0 Å². The molecule has 0 saturated carbocycles. The lowest BCUT2D eigenvalue weighted by Crippen LogP contribution is -2.07. The average Bonchev–Trinajstić information content (AvgIpc) is 2.36. The van der Waals surface area contributed by atoms with Crippen molar-refractivity contribution in [2.45, 2.75) is 13.3 Å². The second kappa shape index (κ2) is 5.43. The summed E-state index contributed by atoms with van der Waals surface area (Å²) in [5.41, 5.74) is 2.22. The highest BCUT2D eigenvalue weighted by Gasteiger charge is 2.03. The molecule has 2 aromatic rings. The Morgan fingerprint density at radius 2 is 2.06 bits per heavy atom. The number of halogens is 1. The topological polar surface area (TPSA) is 24.9 Å². The molecule has 17 heavy (non-hydrogen) atoms. The van der Waals surface area contributed by atoms with Crippen molar-refractivity contribution < 1.29 is 4.39 Å². The van der Waals surface area contributed by atoms with Crippen LogP contribution in [0.1, 0.15) is 11.3 Å². The Hall–Kier alpha value is -1.90. The molecular formula is C14H15FN2. The molecule has 0 aliphatic rings. The lowest BCUT2D eigenvalue weighted by Gasteiger charge is -2.08. The Morgan fingerprint density at radius 3 is 2.82 bits per heavy atom. The van der Waals surface area contributed by atoms with Gasteiger partial charge < -0.3 is 5.32 Å². The van der Waals surface area contributed by atoms with E-state index < -0.39 is 0 Å². The predicted octanol–water partition coefficient (Wildman–Crippen LogP) is 3.18. The van der Waals surface area contributed by atoms with Gasteiger partial charge in [0.1, 0.15) is 5.82 Å². The Morgan fingerprint density at radius 1 is 1.18 bits per heavy atom. The van der Waals surface area contributed by atoms with Gasteiger partial charge in [0.15, 0.2) is 0 Å². The molecule has 88 valence electrons. The second-order valence-electron chi connectivity index (χ2n) is 3.93. The van der Waals surface area contributed by atoms with E-state index in [2.05, 4.69) is 10.3 Å². The van der Waals surface area contributed by atoms with Gasteiger partial charge >= 0.3 is 0 Å². The number of rotatable bonds is 4. The van der Waals surface area contributed by atoms with Crippen molar-refractivity contribution in [3.63, 3.8) is 0 Å². The van der Waals surface area contributed by atoms with Crippen LogP contribution in [0.25, 0.3) is 0 Å². The third kappa shape index (κ3) is 3.03. The van der Waals surface area contributed by atoms with Crippen molar-refractivity contribution in [3.05, 3.63) is 59.7 Å². The van der Waals surface area contributed by atoms with E-state index in [4.69, 9.17) is 0 Å². The third-order valence-corrected chi connectivity index (χ3v) is 2.61. The van der Waals surface area contributed by atoms with Gasteiger partial charge in [-0.15, -0.1) is 0 Å². The molecule has 0 aliphatic carbocycles. The van der Waals surface area contributed by atoms with Crippen LogP contribution in [0.3, 0.4) is 0 Å². The first-order valence-corrected chi connectivity index (χ1v) is 5.66. The third-order valence-electron chi connectivity index (χ3n) is 2.61. The highest BCUT2D eigenvalue weighted by atomic mass is 19.1. The summed E-state index contributed by atoms with van der Waals surface area (Å²) >= 11 is 0. The SMILES string of the molecule is Cc1cccc(NCCc2ccccn2)c1F. The average molecular weight is 230 g/mol. The van der Waals surface area contributed by atoms with Gasteiger partial charge in [-0.25, -0.2) is 4.39 Å². The highest BCUT2D eigenvalue weighted by Crippen LogP contribution is 2.16. The normalized spacial score (nSPS) is 10.2. The summed E-state index contributed by atoms with van der Waals surface area (Å²) < 4.78 is 13.6. The Balaban J connectivity index is 1.93. The molecule has 0 aliphatic heterocycles. The Kier molecular flexibility index (Phi) is 3.70. The van der Waals surface area contributed by atoms with Crippen LogP contribution < -0.4 is 5.32 Å². The first-order chi connectivity index (χ1) is 8.27. The van der Waals surface area contributed by atoms with Crippen molar-refractivity contribution in [1.29, 1.82) is 0 Å². The zero-order valence-electron chi connectivity index (χ0n) is 9.78. The molecule has 0 atom stereocenters. The predicted molar refractivity (Wildman–Crippen MR) is 67.6 cm³/mol. The fraction of sp³-hybridized carbons (Fsp3) is 0.214. The van der Waals surface area contributed by atoms with Gasteiger partial charge in [-0.2, -0.15) is 0 Å². The molecule has 0 amide bonds. The van der Waals surface area contributed by atoms with E-state index in [1.165, 1.54) is 0 Å². The van der Waals surface area contributed by atoms with E-state index in [1.54, 1.807) is 25.3 Å². The van der Waals surface area contributed by atoms with Gasteiger partial charge in [-0.1, -0.05) is 18.2 Å². The van der Waals surface area contributed by atoms with E-state index >= 15 is 0 Å². The molecule has 1 aromatic carbocycles. The fourth-order valence-corrected chi connectivity index (χ4v) is 1.66. The summed E-state index contributed by atoms with van der Waals surface area (Å²) in [4.78, 5) is 4.22. The standard InChI is InChI=1S/C14H15FN2/c1-11-5-4-7-13(14(11)15)17-10-8-12-6-2-3-9-16-12/h2-7,9,17H,8,10H2,1H3. The maximum atomic E-state index is 13.6. The monoisotopic (exact) mass is 230 g/mol. The zero-order valence-corrected chi connectivity index (χ0v) is 9.78. The van der Waals surface area contributed by atoms with Crippen molar-refractivity contribution in [2.24, 2.45) is 0 Å². The molecule has 0 bridgehead atoms. The summed E-state index contributed by atoms with van der Waals surface area (Å²) in [5, 5.41) is 3.09. The van der Waals surface area contributed by atoms with E-state index in [0.717, 1.165) is 12.1 Å². The van der Waals surface area contributed by atoms with E-state index in [0.29, 0.717) is 17.8 Å². The van der Waals surface area contributed by atoms with Crippen LogP contribution in [0.2, 0.25) is 0 Å². The summed E-state index contributed by atoms with van der Waals surface area (Å²) in [6.07, 6.45) is 2.55. The molecule has 1 heterocycles. The number of anilines is 1. The van der Waals surface area contributed by atoms with Crippen molar-refractivity contribution >= 4 is 5.69 Å². The molecule has 0 radical (unpaired) electrons. The molecule has 0 saturated heterocycles. The maximum Gasteiger partial charge on any atom is 0.149 e. The molecule has 2 rings (SSSR count). The molecule has 0 fully saturated rings. The first kappa shape index (κ1) is 11.6. The smallest absolute Gasteiger partial charge is 0.149 e. The van der Waals surface area contributed by atoms with Crippen LogP contribution in [0.4, 0.5) is 10.1 Å². The van der Waals surface area contributed by atoms with Crippen molar-refractivity contribution in [1.82, 2.24) is 4.98 Å². The van der Waals surface area contributed by atoms with Gasteiger partial charge in [0.2, 0.25) is 0 Å². The lowest BCUT2D eigenvalue weighted by atomic mass is 10.2. The number of hydrogen-bond acceptors (Lipinski definition) is 2. The number of pyridine rings is 1. The van der Waals surface area contributed by atoms with Crippen LogP contribution in [-0.2, 0) is 6.42 Å². The number of benzene rings is 1. The van der Waals surface area contributed by atoms with Crippen LogP contribution in [0, 0.1) is 12.7 Å². The van der Waals surface area contributed by atoms with E-state index in [9.17, 15) is 4.39 Å². The molecule has 2 nitrogen and oxygen atoms in total. The summed E-state index contributed by atoms with van der Waals surface area (Å²) in [6, 6.07) is 11.2. The molecule has 3 heteroatoms. The van der Waals surface area contributed by atoms with E-state index in [1.807, 2.05) is 24.3 Å². The number of hydrogen-bond donors (Lipinski definition) is 1. The summed E-state index contributed by atoms with van der Waals surface area (Å²) in [5.74, 6) is -0.173. The van der Waals surface area contributed by atoms with Crippen molar-refractivity contribution in [3.8, 4) is 0 Å². The minimum absolute atomic E-state index is 0.173. The summed E-state index contributed by atoms with van der Waals surface area (Å²) in [6.45, 7) is 2.44. The molecule has 0 spiro atoms. The molecule has 0 unspecified atom stereocenters. The summed E-state index contributed by atoms with van der Waals surface area (Å²) in [7, 11) is 0. The van der Waals surface area contributed by atoms with E-state index in [-0.39, 0.29) is 5.82 Å². The minimum Gasteiger partial charge on any atom is -0.382 e. The quantitative estimate of drug-likeness (QED) is 0.872. The number of aryl methyl sites for hydroxylation is 1. The van der Waals surface area contributed by atoms with Gasteiger partial charge in [0.25, 0.3) is 0 Å². The van der Waals surface area contributed by atoms with Gasteiger partial charge in [0.05, 0.1) is 5.69 Å². The largest absolute Gasteiger partial charge is 0.382 e. The fourth-order valence-electron chi connectivity index (χ4n) is 1.66. The van der Waals surface area contributed by atoms with Crippen LogP contribution in [0.15, 0.2) is 42.6 Å². The number of nitrogens with one attached hydrogen (secondary N) is 1. The highest BCUT2D eigenvalue weighted by molar-refractivity contribution is 5.47. The van der Waals surface area contributed by atoms with Crippen LogP contribution in [-0.4, -0.2) is 11.5 Å². The van der Waals surface area contributed by atoms with Gasteiger partial charge in [-0.3, -0.25) is 4.98 Å².